The molecular formula is C13H20O3. The average molecular weight is 224 g/mol. The minimum Gasteiger partial charge on any atom is -0.469 e. The monoisotopic (exact) mass is 224 g/mol. The molecule has 90 valence electrons. The van der Waals surface area contributed by atoms with Crippen LogP contribution in [0.15, 0.2) is 0 Å². The van der Waals surface area contributed by atoms with Crippen LogP contribution in [0, 0.1) is 22.7 Å². The predicted octanol–water partition coefficient (Wildman–Crippen LogP) is 2.19. The van der Waals surface area contributed by atoms with Gasteiger partial charge in [-0.15, -0.1) is 0 Å². The fourth-order valence-corrected chi connectivity index (χ4v) is 3.66. The van der Waals surface area contributed by atoms with Gasteiger partial charge in [0.1, 0.15) is 5.78 Å². The summed E-state index contributed by atoms with van der Waals surface area (Å²) in [5.41, 5.74) is -0.761. The maximum absolute atomic E-state index is 12.5. The highest BCUT2D eigenvalue weighted by atomic mass is 16.5. The largest absolute Gasteiger partial charge is 0.469 e. The van der Waals surface area contributed by atoms with Gasteiger partial charge in [-0.1, -0.05) is 20.8 Å². The topological polar surface area (TPSA) is 43.4 Å². The Morgan fingerprint density at radius 3 is 2.56 bits per heavy atom. The molecule has 0 amide bonds. The van der Waals surface area contributed by atoms with E-state index in [0.717, 1.165) is 19.3 Å². The van der Waals surface area contributed by atoms with E-state index in [4.69, 9.17) is 4.74 Å². The quantitative estimate of drug-likeness (QED) is 0.641. The van der Waals surface area contributed by atoms with Gasteiger partial charge in [-0.2, -0.15) is 0 Å². The van der Waals surface area contributed by atoms with Gasteiger partial charge < -0.3 is 4.74 Å². The molecule has 3 heteroatoms. The van der Waals surface area contributed by atoms with E-state index in [1.165, 1.54) is 7.11 Å². The molecule has 0 N–H and O–H groups in total. The average Bonchev–Trinajstić information content (AvgIpc) is 2.25. The number of ether oxygens (including phenoxy) is 1. The van der Waals surface area contributed by atoms with Crippen LogP contribution in [0.4, 0.5) is 0 Å². The van der Waals surface area contributed by atoms with Crippen LogP contribution in [0.3, 0.4) is 0 Å². The molecule has 3 saturated carbocycles. The molecule has 0 heterocycles. The predicted molar refractivity (Wildman–Crippen MR) is 59.7 cm³/mol. The number of carbonyl (C=O) groups excluding carboxylic acids is 2. The van der Waals surface area contributed by atoms with Gasteiger partial charge in [0.2, 0.25) is 0 Å². The molecular weight excluding hydrogens is 204 g/mol. The minimum atomic E-state index is -0.495. The van der Waals surface area contributed by atoms with Gasteiger partial charge in [-0.25, -0.2) is 0 Å². The van der Waals surface area contributed by atoms with Crippen LogP contribution in [-0.2, 0) is 14.3 Å². The summed E-state index contributed by atoms with van der Waals surface area (Å²) < 4.78 is 4.83. The lowest BCUT2D eigenvalue weighted by molar-refractivity contribution is -0.174. The second-order valence-electron chi connectivity index (χ2n) is 6.02. The highest BCUT2D eigenvalue weighted by Crippen LogP contribution is 2.58. The Morgan fingerprint density at radius 1 is 1.38 bits per heavy atom. The number of esters is 1. The van der Waals surface area contributed by atoms with Gasteiger partial charge in [-0.05, 0) is 25.2 Å². The number of rotatable bonds is 1. The Balaban J connectivity index is 2.38. The fourth-order valence-electron chi connectivity index (χ4n) is 3.66. The lowest BCUT2D eigenvalue weighted by Crippen LogP contribution is -2.59. The molecule has 0 saturated heterocycles. The number of Topliss-reactive ketones (excluding diaryl/α,β-unsaturated/α-hetero) is 1. The summed E-state index contributed by atoms with van der Waals surface area (Å²) in [6.07, 6.45) is 2.70. The minimum absolute atomic E-state index is 0.212. The Morgan fingerprint density at radius 2 is 2.00 bits per heavy atom. The van der Waals surface area contributed by atoms with Crippen LogP contribution in [0.5, 0.6) is 0 Å². The van der Waals surface area contributed by atoms with E-state index < -0.39 is 5.41 Å². The Bertz CT molecular complexity index is 345. The number of hydrogen-bond donors (Lipinski definition) is 0. The van der Waals surface area contributed by atoms with Gasteiger partial charge in [0.25, 0.3) is 0 Å². The van der Waals surface area contributed by atoms with Crippen molar-refractivity contribution in [3.05, 3.63) is 0 Å². The van der Waals surface area contributed by atoms with Crippen molar-refractivity contribution in [2.45, 2.75) is 40.0 Å². The van der Waals surface area contributed by atoms with E-state index in [0.29, 0.717) is 5.92 Å². The molecule has 0 aromatic heterocycles. The van der Waals surface area contributed by atoms with E-state index in [1.807, 2.05) is 20.8 Å². The third kappa shape index (κ3) is 1.26. The second kappa shape index (κ2) is 3.31. The van der Waals surface area contributed by atoms with Crippen molar-refractivity contribution >= 4 is 11.8 Å². The van der Waals surface area contributed by atoms with E-state index >= 15 is 0 Å². The van der Waals surface area contributed by atoms with Gasteiger partial charge in [-0.3, -0.25) is 9.59 Å². The number of hydrogen-bond acceptors (Lipinski definition) is 3. The summed E-state index contributed by atoms with van der Waals surface area (Å²) in [5.74, 6) is 0.150. The maximum atomic E-state index is 12.5. The standard InChI is InChI=1S/C13H20O3/c1-12(2)8-5-6-13(3,11(12)15)9(7-8)10(14)16-4/h8-9H,5-7H2,1-4H3/t8-,9+,13+/m1/s1. The van der Waals surface area contributed by atoms with E-state index in [2.05, 4.69) is 0 Å². The summed E-state index contributed by atoms with van der Waals surface area (Å²) in [4.78, 5) is 24.2. The molecule has 3 aliphatic rings. The Kier molecular flexibility index (Phi) is 2.41. The molecule has 0 spiro atoms. The highest BCUT2D eigenvalue weighted by molar-refractivity contribution is 5.95. The number of ketones is 1. The molecule has 0 aliphatic heterocycles. The number of fused-ring (bicyclic) bond motifs is 3. The summed E-state index contributed by atoms with van der Waals surface area (Å²) >= 11 is 0. The molecule has 16 heavy (non-hydrogen) atoms. The first kappa shape index (κ1) is 11.6. The van der Waals surface area contributed by atoms with Crippen molar-refractivity contribution in [3.8, 4) is 0 Å². The third-order valence-corrected chi connectivity index (χ3v) is 4.91. The van der Waals surface area contributed by atoms with Crippen LogP contribution in [-0.4, -0.2) is 18.9 Å². The van der Waals surface area contributed by atoms with Crippen LogP contribution in [0.2, 0.25) is 0 Å². The van der Waals surface area contributed by atoms with Gasteiger partial charge in [0.15, 0.2) is 0 Å². The molecule has 2 bridgehead atoms. The van der Waals surface area contributed by atoms with E-state index in [1.54, 1.807) is 0 Å². The fraction of sp³-hybridized carbons (Fsp3) is 0.846. The van der Waals surface area contributed by atoms with Crippen molar-refractivity contribution < 1.29 is 14.3 Å². The van der Waals surface area contributed by atoms with E-state index in [9.17, 15) is 9.59 Å². The molecule has 0 aromatic carbocycles. The molecule has 3 fully saturated rings. The highest BCUT2D eigenvalue weighted by Gasteiger charge is 2.61. The third-order valence-electron chi connectivity index (χ3n) is 4.91. The SMILES string of the molecule is COC(=O)[C@@H]1C[C@H]2CC[C@]1(C)C(=O)C2(C)C. The summed E-state index contributed by atoms with van der Waals surface area (Å²) in [7, 11) is 1.41. The lowest BCUT2D eigenvalue weighted by Gasteiger charge is -2.55. The van der Waals surface area contributed by atoms with Gasteiger partial charge in [0.05, 0.1) is 13.0 Å². The smallest absolute Gasteiger partial charge is 0.309 e. The van der Waals surface area contributed by atoms with Crippen molar-refractivity contribution in [1.29, 1.82) is 0 Å². The van der Waals surface area contributed by atoms with Crippen LogP contribution >= 0.6 is 0 Å². The van der Waals surface area contributed by atoms with Crippen molar-refractivity contribution in [3.63, 3.8) is 0 Å². The van der Waals surface area contributed by atoms with Crippen molar-refractivity contribution in [1.82, 2.24) is 0 Å². The summed E-state index contributed by atoms with van der Waals surface area (Å²) in [6.45, 7) is 5.98. The van der Waals surface area contributed by atoms with Gasteiger partial charge >= 0.3 is 5.97 Å². The summed E-state index contributed by atoms with van der Waals surface area (Å²) in [5, 5.41) is 0. The molecule has 3 atom stereocenters. The Hall–Kier alpha value is -0.860. The molecule has 3 aliphatic carbocycles. The molecule has 0 aromatic rings. The molecule has 3 rings (SSSR count). The number of carbonyl (C=O) groups is 2. The second-order valence-corrected chi connectivity index (χ2v) is 6.02. The summed E-state index contributed by atoms with van der Waals surface area (Å²) in [6, 6.07) is 0. The molecule has 3 nitrogen and oxygen atoms in total. The van der Waals surface area contributed by atoms with Crippen LogP contribution in [0.1, 0.15) is 40.0 Å². The lowest BCUT2D eigenvalue weighted by atomic mass is 9.47. The first-order chi connectivity index (χ1) is 7.34. The van der Waals surface area contributed by atoms with Crippen LogP contribution < -0.4 is 0 Å². The zero-order valence-corrected chi connectivity index (χ0v) is 10.5. The normalized spacial score (nSPS) is 40.9. The van der Waals surface area contributed by atoms with Gasteiger partial charge in [0, 0.05) is 10.8 Å². The zero-order valence-electron chi connectivity index (χ0n) is 10.5. The zero-order chi connectivity index (χ0) is 12.1. The van der Waals surface area contributed by atoms with Crippen molar-refractivity contribution in [2.24, 2.45) is 22.7 Å². The Labute approximate surface area is 96.5 Å². The first-order valence-corrected chi connectivity index (χ1v) is 5.96. The maximum Gasteiger partial charge on any atom is 0.309 e. The van der Waals surface area contributed by atoms with Crippen LogP contribution in [0.25, 0.3) is 0 Å². The molecule has 0 unspecified atom stereocenters. The molecule has 0 radical (unpaired) electrons. The van der Waals surface area contributed by atoms with Crippen molar-refractivity contribution in [2.75, 3.05) is 7.11 Å². The number of methoxy groups -OCH3 is 1. The first-order valence-electron chi connectivity index (χ1n) is 5.96. The van der Waals surface area contributed by atoms with E-state index in [-0.39, 0.29) is 23.1 Å².